The Hall–Kier alpha value is -1.37. The van der Waals surface area contributed by atoms with Crippen molar-refractivity contribution in [2.75, 3.05) is 18.0 Å². The Morgan fingerprint density at radius 2 is 2.14 bits per heavy atom. The molecule has 0 saturated carbocycles. The molecule has 0 N–H and O–H groups in total. The SMILES string of the molecule is Cc1nc(N2CCC(C)C2)c2cc(CC(F)(F)F)sc2n1. The Kier molecular flexibility index (Phi) is 3.55. The van der Waals surface area contributed by atoms with Crippen LogP contribution in [-0.4, -0.2) is 29.2 Å². The van der Waals surface area contributed by atoms with Gasteiger partial charge in [0.2, 0.25) is 0 Å². The predicted octanol–water partition coefficient (Wildman–Crippen LogP) is 3.95. The summed E-state index contributed by atoms with van der Waals surface area (Å²) in [5.41, 5.74) is 0. The molecule has 0 amide bonds. The molecule has 2 aromatic rings. The van der Waals surface area contributed by atoms with Crippen molar-refractivity contribution in [1.29, 1.82) is 0 Å². The zero-order valence-electron chi connectivity index (χ0n) is 11.9. The van der Waals surface area contributed by atoms with Gasteiger partial charge in [0, 0.05) is 18.0 Å². The van der Waals surface area contributed by atoms with Crippen molar-refractivity contribution in [3.05, 3.63) is 16.8 Å². The smallest absolute Gasteiger partial charge is 0.356 e. The van der Waals surface area contributed by atoms with E-state index in [1.54, 1.807) is 13.0 Å². The van der Waals surface area contributed by atoms with Gasteiger partial charge in [-0.15, -0.1) is 11.3 Å². The van der Waals surface area contributed by atoms with Crippen LogP contribution < -0.4 is 4.90 Å². The third kappa shape index (κ3) is 3.12. The zero-order valence-corrected chi connectivity index (χ0v) is 12.7. The number of hydrogen-bond donors (Lipinski definition) is 0. The molecule has 7 heteroatoms. The molecule has 0 aromatic carbocycles. The van der Waals surface area contributed by atoms with Crippen LogP contribution in [0.5, 0.6) is 0 Å². The summed E-state index contributed by atoms with van der Waals surface area (Å²) in [7, 11) is 0. The lowest BCUT2D eigenvalue weighted by Crippen LogP contribution is -2.21. The molecular formula is C14H16F3N3S. The molecule has 2 aromatic heterocycles. The lowest BCUT2D eigenvalue weighted by Gasteiger charge is -2.18. The van der Waals surface area contributed by atoms with E-state index in [2.05, 4.69) is 21.8 Å². The second kappa shape index (κ2) is 5.12. The van der Waals surface area contributed by atoms with Crippen LogP contribution in [0, 0.1) is 12.8 Å². The number of aromatic nitrogens is 2. The van der Waals surface area contributed by atoms with Crippen molar-refractivity contribution in [1.82, 2.24) is 9.97 Å². The van der Waals surface area contributed by atoms with Gasteiger partial charge >= 0.3 is 6.18 Å². The second-order valence-corrected chi connectivity index (χ2v) is 6.77. The molecule has 3 heterocycles. The Labute approximate surface area is 124 Å². The molecule has 0 bridgehead atoms. The third-order valence-electron chi connectivity index (χ3n) is 3.63. The number of halogens is 3. The van der Waals surface area contributed by atoms with Crippen LogP contribution in [0.15, 0.2) is 6.07 Å². The number of aryl methyl sites for hydroxylation is 1. The monoisotopic (exact) mass is 315 g/mol. The summed E-state index contributed by atoms with van der Waals surface area (Å²) in [5.74, 6) is 1.98. The summed E-state index contributed by atoms with van der Waals surface area (Å²) in [6.45, 7) is 5.76. The zero-order chi connectivity index (χ0) is 15.2. The minimum Gasteiger partial charge on any atom is -0.356 e. The first-order valence-corrected chi connectivity index (χ1v) is 7.72. The van der Waals surface area contributed by atoms with Crippen LogP contribution in [-0.2, 0) is 6.42 Å². The molecule has 0 aliphatic carbocycles. The summed E-state index contributed by atoms with van der Waals surface area (Å²) >= 11 is 1.11. The standard InChI is InChI=1S/C14H16F3N3S/c1-8-3-4-20(7-8)12-11-5-10(6-14(15,16)17)21-13(11)19-9(2)18-12/h5,8H,3-4,6-7H2,1-2H3. The van der Waals surface area contributed by atoms with Crippen LogP contribution in [0.2, 0.25) is 0 Å². The molecule has 1 aliphatic heterocycles. The quantitative estimate of drug-likeness (QED) is 0.840. The van der Waals surface area contributed by atoms with E-state index >= 15 is 0 Å². The topological polar surface area (TPSA) is 29.0 Å². The number of fused-ring (bicyclic) bond motifs is 1. The number of hydrogen-bond acceptors (Lipinski definition) is 4. The minimum absolute atomic E-state index is 0.297. The highest BCUT2D eigenvalue weighted by molar-refractivity contribution is 7.18. The number of rotatable bonds is 2. The van der Waals surface area contributed by atoms with Crippen LogP contribution in [0.3, 0.4) is 0 Å². The van der Waals surface area contributed by atoms with Gasteiger partial charge < -0.3 is 4.90 Å². The van der Waals surface area contributed by atoms with Crippen molar-refractivity contribution in [2.24, 2.45) is 5.92 Å². The minimum atomic E-state index is -4.19. The lowest BCUT2D eigenvalue weighted by molar-refractivity contribution is -0.126. The summed E-state index contributed by atoms with van der Waals surface area (Å²) in [6, 6.07) is 1.60. The van der Waals surface area contributed by atoms with Crippen molar-refractivity contribution < 1.29 is 13.2 Å². The van der Waals surface area contributed by atoms with Gasteiger partial charge in [0.1, 0.15) is 16.5 Å². The van der Waals surface area contributed by atoms with E-state index in [0.717, 1.165) is 42.1 Å². The summed E-state index contributed by atoms with van der Waals surface area (Å²) in [5, 5.41) is 0.749. The van der Waals surface area contributed by atoms with Crippen LogP contribution in [0.4, 0.5) is 19.0 Å². The normalized spacial score (nSPS) is 19.7. The Bertz CT molecular complexity index is 665. The molecule has 1 saturated heterocycles. The first kappa shape index (κ1) is 14.6. The average Bonchev–Trinajstić information content (AvgIpc) is 2.91. The first-order chi connectivity index (χ1) is 9.82. The van der Waals surface area contributed by atoms with E-state index in [-0.39, 0.29) is 0 Å². The highest BCUT2D eigenvalue weighted by atomic mass is 32.1. The molecule has 1 aliphatic rings. The van der Waals surface area contributed by atoms with Crippen molar-refractivity contribution >= 4 is 27.4 Å². The molecule has 114 valence electrons. The molecule has 0 spiro atoms. The Balaban J connectivity index is 2.03. The van der Waals surface area contributed by atoms with E-state index < -0.39 is 12.6 Å². The highest BCUT2D eigenvalue weighted by Crippen LogP contribution is 2.35. The van der Waals surface area contributed by atoms with Gasteiger partial charge in [-0.2, -0.15) is 13.2 Å². The van der Waals surface area contributed by atoms with Gasteiger partial charge in [0.05, 0.1) is 11.8 Å². The fourth-order valence-electron chi connectivity index (χ4n) is 2.71. The van der Waals surface area contributed by atoms with Gasteiger partial charge in [-0.25, -0.2) is 9.97 Å². The van der Waals surface area contributed by atoms with E-state index in [1.165, 1.54) is 0 Å². The maximum absolute atomic E-state index is 12.6. The second-order valence-electron chi connectivity index (χ2n) is 5.66. The maximum atomic E-state index is 12.6. The van der Waals surface area contributed by atoms with E-state index in [0.29, 0.717) is 21.4 Å². The van der Waals surface area contributed by atoms with Crippen LogP contribution in [0.1, 0.15) is 24.0 Å². The maximum Gasteiger partial charge on any atom is 0.393 e. The number of alkyl halides is 3. The van der Waals surface area contributed by atoms with E-state index in [9.17, 15) is 13.2 Å². The Morgan fingerprint density at radius 3 is 2.76 bits per heavy atom. The molecule has 1 atom stereocenters. The van der Waals surface area contributed by atoms with Gasteiger partial charge in [0.25, 0.3) is 0 Å². The molecule has 3 nitrogen and oxygen atoms in total. The van der Waals surface area contributed by atoms with Gasteiger partial charge in [0.15, 0.2) is 0 Å². The van der Waals surface area contributed by atoms with E-state index in [1.807, 2.05) is 0 Å². The molecular weight excluding hydrogens is 299 g/mol. The van der Waals surface area contributed by atoms with Gasteiger partial charge in [-0.05, 0) is 25.3 Å². The molecule has 1 unspecified atom stereocenters. The van der Waals surface area contributed by atoms with Crippen LogP contribution in [0.25, 0.3) is 10.2 Å². The number of nitrogens with zero attached hydrogens (tertiary/aromatic N) is 3. The highest BCUT2D eigenvalue weighted by Gasteiger charge is 2.30. The molecule has 0 radical (unpaired) electrons. The third-order valence-corrected chi connectivity index (χ3v) is 4.66. The number of thiophene rings is 1. The van der Waals surface area contributed by atoms with Gasteiger partial charge in [-0.3, -0.25) is 0 Å². The summed E-state index contributed by atoms with van der Waals surface area (Å²) in [4.78, 5) is 11.9. The van der Waals surface area contributed by atoms with Crippen molar-refractivity contribution in [3.8, 4) is 0 Å². The van der Waals surface area contributed by atoms with Crippen LogP contribution >= 0.6 is 11.3 Å². The fraction of sp³-hybridized carbons (Fsp3) is 0.571. The fourth-order valence-corrected chi connectivity index (χ4v) is 3.81. The van der Waals surface area contributed by atoms with E-state index in [4.69, 9.17) is 0 Å². The molecule has 3 rings (SSSR count). The molecule has 21 heavy (non-hydrogen) atoms. The largest absolute Gasteiger partial charge is 0.393 e. The van der Waals surface area contributed by atoms with Crippen molar-refractivity contribution in [2.45, 2.75) is 32.9 Å². The predicted molar refractivity (Wildman–Crippen MR) is 77.9 cm³/mol. The van der Waals surface area contributed by atoms with Gasteiger partial charge in [-0.1, -0.05) is 6.92 Å². The first-order valence-electron chi connectivity index (χ1n) is 6.90. The summed E-state index contributed by atoms with van der Waals surface area (Å²) < 4.78 is 37.7. The summed E-state index contributed by atoms with van der Waals surface area (Å²) in [6.07, 6.45) is -4.00. The number of anilines is 1. The average molecular weight is 315 g/mol. The lowest BCUT2D eigenvalue weighted by atomic mass is 10.2. The van der Waals surface area contributed by atoms with Crippen molar-refractivity contribution in [3.63, 3.8) is 0 Å². The molecule has 1 fully saturated rings. The Morgan fingerprint density at radius 1 is 1.38 bits per heavy atom.